The molecule has 0 aliphatic rings. The first-order valence-corrected chi connectivity index (χ1v) is 7.91. The second-order valence-corrected chi connectivity index (χ2v) is 5.67. The zero-order valence-electron chi connectivity index (χ0n) is 13.4. The Bertz CT molecular complexity index is 955. The van der Waals surface area contributed by atoms with Crippen molar-refractivity contribution in [1.82, 2.24) is 30.0 Å². The molecule has 1 amide bonds. The molecule has 2 aromatic heterocycles. The van der Waals surface area contributed by atoms with Gasteiger partial charge in [-0.1, -0.05) is 24.3 Å². The summed E-state index contributed by atoms with van der Waals surface area (Å²) in [5.74, 6) is 0.602. The molecule has 0 bridgehead atoms. The number of carbonyl (C=O) groups excluding carboxylic acids is 1. The SMILES string of the molecule is O=C(NCc1nc2ccccc2[nH]1)c1ccc(Cn2cncn2)cc1. The number of carbonyl (C=O) groups is 1. The molecule has 0 saturated heterocycles. The fourth-order valence-corrected chi connectivity index (χ4v) is 2.62. The molecule has 0 fully saturated rings. The summed E-state index contributed by atoms with van der Waals surface area (Å²) in [6.07, 6.45) is 3.16. The number of aromatic nitrogens is 5. The Morgan fingerprint density at radius 3 is 2.72 bits per heavy atom. The number of H-pyrrole nitrogens is 1. The van der Waals surface area contributed by atoms with Gasteiger partial charge in [-0.25, -0.2) is 14.6 Å². The van der Waals surface area contributed by atoms with Gasteiger partial charge in [-0.3, -0.25) is 4.79 Å². The van der Waals surface area contributed by atoms with Crippen molar-refractivity contribution in [2.45, 2.75) is 13.1 Å². The largest absolute Gasteiger partial charge is 0.345 e. The van der Waals surface area contributed by atoms with E-state index in [9.17, 15) is 4.79 Å². The number of aromatic amines is 1. The number of hydrogen-bond donors (Lipinski definition) is 2. The summed E-state index contributed by atoms with van der Waals surface area (Å²) < 4.78 is 1.73. The average molecular weight is 332 g/mol. The van der Waals surface area contributed by atoms with Gasteiger partial charge in [0.25, 0.3) is 5.91 Å². The molecule has 2 heterocycles. The van der Waals surface area contributed by atoms with Gasteiger partial charge in [-0.2, -0.15) is 5.10 Å². The molecule has 25 heavy (non-hydrogen) atoms. The van der Waals surface area contributed by atoms with Gasteiger partial charge in [0.05, 0.1) is 24.1 Å². The minimum Gasteiger partial charge on any atom is -0.345 e. The topological polar surface area (TPSA) is 88.5 Å². The third-order valence-corrected chi connectivity index (χ3v) is 3.88. The van der Waals surface area contributed by atoms with Crippen molar-refractivity contribution in [3.05, 3.63) is 78.1 Å². The van der Waals surface area contributed by atoms with Gasteiger partial charge >= 0.3 is 0 Å². The molecule has 4 aromatic rings. The predicted molar refractivity (Wildman–Crippen MR) is 92.8 cm³/mol. The number of imidazole rings is 1. The molecule has 0 spiro atoms. The molecule has 0 aliphatic heterocycles. The van der Waals surface area contributed by atoms with Crippen molar-refractivity contribution >= 4 is 16.9 Å². The maximum atomic E-state index is 12.3. The standard InChI is InChI=1S/C18H16N6O/c25-18(20-9-17-22-15-3-1-2-4-16(15)23-17)14-7-5-13(6-8-14)10-24-12-19-11-21-24/h1-8,11-12H,9-10H2,(H,20,25)(H,22,23). The summed E-state index contributed by atoms with van der Waals surface area (Å²) in [5, 5.41) is 6.95. The van der Waals surface area contributed by atoms with E-state index in [0.717, 1.165) is 22.4 Å². The Labute approximate surface area is 143 Å². The number of hydrogen-bond acceptors (Lipinski definition) is 4. The first-order valence-electron chi connectivity index (χ1n) is 7.91. The summed E-state index contributed by atoms with van der Waals surface area (Å²) in [5.41, 5.74) is 3.52. The summed E-state index contributed by atoms with van der Waals surface area (Å²) in [4.78, 5) is 23.8. The highest BCUT2D eigenvalue weighted by molar-refractivity contribution is 5.94. The zero-order chi connectivity index (χ0) is 17.1. The molecule has 0 radical (unpaired) electrons. The molecular weight excluding hydrogens is 316 g/mol. The second kappa shape index (κ2) is 6.56. The molecule has 7 heteroatoms. The predicted octanol–water partition coefficient (Wildman–Crippen LogP) is 2.13. The Morgan fingerprint density at radius 2 is 1.96 bits per heavy atom. The first-order chi connectivity index (χ1) is 12.3. The summed E-state index contributed by atoms with van der Waals surface area (Å²) in [7, 11) is 0. The first kappa shape index (κ1) is 15.1. The van der Waals surface area contributed by atoms with Gasteiger partial charge in [0.15, 0.2) is 0 Å². The van der Waals surface area contributed by atoms with Crippen molar-refractivity contribution in [1.29, 1.82) is 0 Å². The Kier molecular flexibility index (Phi) is 3.96. The van der Waals surface area contributed by atoms with Crippen LogP contribution in [0.25, 0.3) is 11.0 Å². The summed E-state index contributed by atoms with van der Waals surface area (Å²) in [6, 6.07) is 15.2. The number of fused-ring (bicyclic) bond motifs is 1. The van der Waals surface area contributed by atoms with E-state index < -0.39 is 0 Å². The Morgan fingerprint density at radius 1 is 1.12 bits per heavy atom. The molecule has 0 atom stereocenters. The summed E-state index contributed by atoms with van der Waals surface area (Å²) >= 11 is 0. The van der Waals surface area contributed by atoms with Crippen LogP contribution in [0.2, 0.25) is 0 Å². The third-order valence-electron chi connectivity index (χ3n) is 3.88. The van der Waals surface area contributed by atoms with E-state index in [4.69, 9.17) is 0 Å². The van der Waals surface area contributed by atoms with Crippen LogP contribution < -0.4 is 5.32 Å². The smallest absolute Gasteiger partial charge is 0.251 e. The lowest BCUT2D eigenvalue weighted by atomic mass is 10.1. The van der Waals surface area contributed by atoms with Crippen LogP contribution in [0.3, 0.4) is 0 Å². The highest BCUT2D eigenvalue weighted by Crippen LogP contribution is 2.10. The van der Waals surface area contributed by atoms with Crippen molar-refractivity contribution in [2.24, 2.45) is 0 Å². The van der Waals surface area contributed by atoms with Crippen LogP contribution in [0.15, 0.2) is 61.2 Å². The second-order valence-electron chi connectivity index (χ2n) is 5.67. The Balaban J connectivity index is 1.38. The lowest BCUT2D eigenvalue weighted by molar-refractivity contribution is 0.0950. The fourth-order valence-electron chi connectivity index (χ4n) is 2.62. The van der Waals surface area contributed by atoms with E-state index in [1.165, 1.54) is 6.33 Å². The molecule has 0 aliphatic carbocycles. The number of nitrogens with zero attached hydrogens (tertiary/aromatic N) is 4. The quantitative estimate of drug-likeness (QED) is 0.586. The fraction of sp³-hybridized carbons (Fsp3) is 0.111. The normalized spacial score (nSPS) is 10.9. The van der Waals surface area contributed by atoms with Gasteiger partial charge < -0.3 is 10.3 Å². The highest BCUT2D eigenvalue weighted by atomic mass is 16.1. The maximum Gasteiger partial charge on any atom is 0.251 e. The van der Waals surface area contributed by atoms with Gasteiger partial charge in [0, 0.05) is 5.56 Å². The third kappa shape index (κ3) is 3.40. The van der Waals surface area contributed by atoms with E-state index in [1.54, 1.807) is 23.1 Å². The van der Waals surface area contributed by atoms with Crippen LogP contribution in [-0.4, -0.2) is 30.6 Å². The van der Waals surface area contributed by atoms with Gasteiger partial charge in [-0.05, 0) is 29.8 Å². The minimum atomic E-state index is -0.132. The molecule has 0 unspecified atom stereocenters. The maximum absolute atomic E-state index is 12.3. The molecular formula is C18H16N6O. The minimum absolute atomic E-state index is 0.132. The van der Waals surface area contributed by atoms with Crippen LogP contribution in [0.4, 0.5) is 0 Å². The highest BCUT2D eigenvalue weighted by Gasteiger charge is 2.07. The Hall–Kier alpha value is -3.48. The average Bonchev–Trinajstić information content (AvgIpc) is 3.29. The molecule has 4 rings (SSSR count). The number of benzene rings is 2. The van der Waals surface area contributed by atoms with Crippen LogP contribution in [0.1, 0.15) is 21.7 Å². The summed E-state index contributed by atoms with van der Waals surface area (Å²) in [6.45, 7) is 0.981. The molecule has 124 valence electrons. The van der Waals surface area contributed by atoms with Crippen molar-refractivity contribution in [2.75, 3.05) is 0 Å². The molecule has 2 N–H and O–H groups in total. The zero-order valence-corrected chi connectivity index (χ0v) is 13.4. The van der Waals surface area contributed by atoms with Gasteiger partial charge in [-0.15, -0.1) is 0 Å². The van der Waals surface area contributed by atoms with Gasteiger partial charge in [0.2, 0.25) is 0 Å². The van der Waals surface area contributed by atoms with Gasteiger partial charge in [0.1, 0.15) is 18.5 Å². The van der Waals surface area contributed by atoms with Crippen molar-refractivity contribution < 1.29 is 4.79 Å². The molecule has 2 aromatic carbocycles. The van der Waals surface area contributed by atoms with Crippen molar-refractivity contribution in [3.8, 4) is 0 Å². The lowest BCUT2D eigenvalue weighted by Gasteiger charge is -2.05. The van der Waals surface area contributed by atoms with Crippen LogP contribution >= 0.6 is 0 Å². The van der Waals surface area contributed by atoms with E-state index in [0.29, 0.717) is 18.7 Å². The molecule has 7 nitrogen and oxygen atoms in total. The van der Waals surface area contributed by atoms with E-state index in [2.05, 4.69) is 25.4 Å². The number of nitrogens with one attached hydrogen (secondary N) is 2. The van der Waals surface area contributed by atoms with Crippen LogP contribution in [0, 0.1) is 0 Å². The number of para-hydroxylation sites is 2. The molecule has 0 saturated carbocycles. The monoisotopic (exact) mass is 332 g/mol. The van der Waals surface area contributed by atoms with E-state index >= 15 is 0 Å². The lowest BCUT2D eigenvalue weighted by Crippen LogP contribution is -2.23. The van der Waals surface area contributed by atoms with Crippen LogP contribution in [-0.2, 0) is 13.1 Å². The number of rotatable bonds is 5. The van der Waals surface area contributed by atoms with E-state index in [-0.39, 0.29) is 5.91 Å². The van der Waals surface area contributed by atoms with Crippen molar-refractivity contribution in [3.63, 3.8) is 0 Å². The number of amides is 1. The van der Waals surface area contributed by atoms with Crippen LogP contribution in [0.5, 0.6) is 0 Å². The van der Waals surface area contributed by atoms with E-state index in [1.807, 2.05) is 36.4 Å².